The zero-order valence-electron chi connectivity index (χ0n) is 15.1. The van der Waals surface area contributed by atoms with Crippen LogP contribution in [0.4, 0.5) is 5.69 Å². The maximum Gasteiger partial charge on any atom is 0.255 e. The average molecular weight is 381 g/mol. The van der Waals surface area contributed by atoms with E-state index in [1.54, 1.807) is 24.5 Å². The molecule has 0 radical (unpaired) electrons. The molecule has 0 aliphatic heterocycles. The summed E-state index contributed by atoms with van der Waals surface area (Å²) in [7, 11) is 0. The molecular weight excluding hydrogens is 366 g/mol. The normalized spacial score (nSPS) is 10.9. The number of hydrogen-bond donors (Lipinski definition) is 3. The number of pyridine rings is 1. The van der Waals surface area contributed by atoms with Crippen molar-refractivity contribution in [3.8, 4) is 22.6 Å². The molecule has 3 N–H and O–H groups in total. The van der Waals surface area contributed by atoms with Gasteiger partial charge in [-0.15, -0.1) is 0 Å². The Morgan fingerprint density at radius 3 is 2.66 bits per heavy atom. The van der Waals surface area contributed by atoms with Crippen molar-refractivity contribution in [2.45, 2.75) is 0 Å². The molecule has 5 rings (SSSR count). The molecule has 8 nitrogen and oxygen atoms in total. The van der Waals surface area contributed by atoms with E-state index in [0.29, 0.717) is 17.1 Å². The summed E-state index contributed by atoms with van der Waals surface area (Å²) in [6.45, 7) is 0. The van der Waals surface area contributed by atoms with Gasteiger partial charge in [0, 0.05) is 40.2 Å². The van der Waals surface area contributed by atoms with E-state index in [0.717, 1.165) is 27.7 Å². The van der Waals surface area contributed by atoms with E-state index in [2.05, 4.69) is 35.7 Å². The summed E-state index contributed by atoms with van der Waals surface area (Å²) in [4.78, 5) is 20.6. The van der Waals surface area contributed by atoms with Gasteiger partial charge in [0.2, 0.25) is 0 Å². The second kappa shape index (κ2) is 7.01. The maximum absolute atomic E-state index is 12.4. The topological polar surface area (TPSA) is 112 Å². The zero-order chi connectivity index (χ0) is 19.6. The summed E-state index contributed by atoms with van der Waals surface area (Å²) in [5.74, 6) is 0.501. The van der Waals surface area contributed by atoms with E-state index in [1.807, 2.05) is 42.5 Å². The van der Waals surface area contributed by atoms with Crippen LogP contribution in [0.1, 0.15) is 10.4 Å². The van der Waals surface area contributed by atoms with Crippen LogP contribution in [0.15, 0.2) is 73.3 Å². The number of carbonyl (C=O) groups is 1. The molecule has 0 saturated carbocycles. The number of nitrogens with one attached hydrogen (secondary N) is 3. The van der Waals surface area contributed by atoms with Crippen LogP contribution in [-0.4, -0.2) is 36.3 Å². The molecule has 3 heterocycles. The third kappa shape index (κ3) is 3.23. The molecule has 0 fully saturated rings. The van der Waals surface area contributed by atoms with Crippen molar-refractivity contribution >= 4 is 22.5 Å². The summed E-state index contributed by atoms with van der Waals surface area (Å²) in [5, 5.41) is 18.2. The number of rotatable bonds is 4. The molecular formula is C21H15N7O. The lowest BCUT2D eigenvalue weighted by atomic mass is 10.0. The molecule has 0 bridgehead atoms. The third-order valence-electron chi connectivity index (χ3n) is 4.59. The standard InChI is InChI=1S/C21H15N7O/c29-21(13-6-8-22-9-7-13)25-16-3-1-2-14(10-16)19-17-11-15(20-23-12-24-28-20)4-5-18(17)26-27-19/h1-12H,(H,25,29)(H,26,27)(H,23,24,28). The number of amides is 1. The number of aromatic amines is 2. The van der Waals surface area contributed by atoms with Gasteiger partial charge in [-0.1, -0.05) is 12.1 Å². The highest BCUT2D eigenvalue weighted by molar-refractivity contribution is 6.04. The Morgan fingerprint density at radius 1 is 0.931 bits per heavy atom. The number of aromatic nitrogens is 6. The maximum atomic E-state index is 12.4. The van der Waals surface area contributed by atoms with Crippen molar-refractivity contribution in [3.05, 3.63) is 78.9 Å². The van der Waals surface area contributed by atoms with Gasteiger partial charge in [-0.05, 0) is 42.5 Å². The minimum Gasteiger partial charge on any atom is -0.322 e. The molecule has 0 aliphatic rings. The molecule has 2 aromatic carbocycles. The van der Waals surface area contributed by atoms with Crippen LogP contribution in [0.25, 0.3) is 33.5 Å². The van der Waals surface area contributed by atoms with E-state index < -0.39 is 0 Å². The number of benzene rings is 2. The summed E-state index contributed by atoms with van der Waals surface area (Å²) in [6, 6.07) is 16.9. The first-order valence-electron chi connectivity index (χ1n) is 8.93. The Bertz CT molecular complexity index is 1290. The average Bonchev–Trinajstić information content (AvgIpc) is 3.44. The highest BCUT2D eigenvalue weighted by Crippen LogP contribution is 2.30. The van der Waals surface area contributed by atoms with Crippen molar-refractivity contribution in [3.63, 3.8) is 0 Å². The highest BCUT2D eigenvalue weighted by atomic mass is 16.1. The fourth-order valence-corrected chi connectivity index (χ4v) is 3.18. The predicted octanol–water partition coefficient (Wildman–Crippen LogP) is 3.66. The van der Waals surface area contributed by atoms with E-state index in [1.165, 1.54) is 6.33 Å². The summed E-state index contributed by atoms with van der Waals surface area (Å²) < 4.78 is 0. The Morgan fingerprint density at radius 2 is 1.83 bits per heavy atom. The van der Waals surface area contributed by atoms with Gasteiger partial charge in [-0.2, -0.15) is 10.2 Å². The predicted molar refractivity (Wildman–Crippen MR) is 109 cm³/mol. The lowest BCUT2D eigenvalue weighted by Crippen LogP contribution is -2.11. The van der Waals surface area contributed by atoms with Crippen LogP contribution in [0.2, 0.25) is 0 Å². The number of anilines is 1. The van der Waals surface area contributed by atoms with Crippen LogP contribution in [0, 0.1) is 0 Å². The molecule has 140 valence electrons. The molecule has 0 saturated heterocycles. The SMILES string of the molecule is O=C(Nc1cccc(-c2n[nH]c3ccc(-c4ncn[nH]4)cc23)c1)c1ccncc1. The van der Waals surface area contributed by atoms with Gasteiger partial charge in [-0.25, -0.2) is 4.98 Å². The van der Waals surface area contributed by atoms with E-state index in [9.17, 15) is 4.79 Å². The van der Waals surface area contributed by atoms with Crippen LogP contribution in [0.5, 0.6) is 0 Å². The number of nitrogens with zero attached hydrogens (tertiary/aromatic N) is 4. The Balaban J connectivity index is 1.50. The first kappa shape index (κ1) is 16.8. The quantitative estimate of drug-likeness (QED) is 0.440. The zero-order valence-corrected chi connectivity index (χ0v) is 15.1. The minimum absolute atomic E-state index is 0.191. The molecule has 29 heavy (non-hydrogen) atoms. The summed E-state index contributed by atoms with van der Waals surface area (Å²) >= 11 is 0. The van der Waals surface area contributed by atoms with Crippen molar-refractivity contribution in [1.29, 1.82) is 0 Å². The molecule has 1 amide bonds. The summed E-state index contributed by atoms with van der Waals surface area (Å²) in [6.07, 6.45) is 4.66. The van der Waals surface area contributed by atoms with Gasteiger partial charge >= 0.3 is 0 Å². The minimum atomic E-state index is -0.191. The second-order valence-corrected chi connectivity index (χ2v) is 6.44. The van der Waals surface area contributed by atoms with E-state index in [-0.39, 0.29) is 5.91 Å². The van der Waals surface area contributed by atoms with E-state index >= 15 is 0 Å². The van der Waals surface area contributed by atoms with Gasteiger partial charge in [0.1, 0.15) is 6.33 Å². The van der Waals surface area contributed by atoms with Crippen molar-refractivity contribution < 1.29 is 4.79 Å². The van der Waals surface area contributed by atoms with Crippen LogP contribution >= 0.6 is 0 Å². The van der Waals surface area contributed by atoms with Gasteiger partial charge in [0.25, 0.3) is 5.91 Å². The van der Waals surface area contributed by atoms with Crippen LogP contribution in [-0.2, 0) is 0 Å². The molecule has 3 aromatic heterocycles. The monoisotopic (exact) mass is 381 g/mol. The fraction of sp³-hybridized carbons (Fsp3) is 0. The van der Waals surface area contributed by atoms with Crippen LogP contribution < -0.4 is 5.32 Å². The number of H-pyrrole nitrogens is 2. The molecule has 5 aromatic rings. The van der Waals surface area contributed by atoms with Crippen LogP contribution in [0.3, 0.4) is 0 Å². The fourth-order valence-electron chi connectivity index (χ4n) is 3.18. The lowest BCUT2D eigenvalue weighted by Gasteiger charge is -2.07. The number of fused-ring (bicyclic) bond motifs is 1. The van der Waals surface area contributed by atoms with Gasteiger partial charge in [0.15, 0.2) is 5.82 Å². The molecule has 0 unspecified atom stereocenters. The number of carbonyl (C=O) groups excluding carboxylic acids is 1. The Hall–Kier alpha value is -4.33. The van der Waals surface area contributed by atoms with Crippen molar-refractivity contribution in [2.75, 3.05) is 5.32 Å². The van der Waals surface area contributed by atoms with E-state index in [4.69, 9.17) is 0 Å². The third-order valence-corrected chi connectivity index (χ3v) is 4.59. The molecule has 8 heteroatoms. The summed E-state index contributed by atoms with van der Waals surface area (Å²) in [5.41, 5.74) is 4.74. The smallest absolute Gasteiger partial charge is 0.255 e. The highest BCUT2D eigenvalue weighted by Gasteiger charge is 2.12. The lowest BCUT2D eigenvalue weighted by molar-refractivity contribution is 0.102. The second-order valence-electron chi connectivity index (χ2n) is 6.44. The van der Waals surface area contributed by atoms with Crippen molar-refractivity contribution in [2.24, 2.45) is 0 Å². The Kier molecular flexibility index (Phi) is 4.06. The molecule has 0 spiro atoms. The van der Waals surface area contributed by atoms with Gasteiger partial charge < -0.3 is 5.32 Å². The van der Waals surface area contributed by atoms with Gasteiger partial charge in [0.05, 0.1) is 11.2 Å². The first-order valence-corrected chi connectivity index (χ1v) is 8.93. The molecule has 0 atom stereocenters. The van der Waals surface area contributed by atoms with Crippen molar-refractivity contribution in [1.82, 2.24) is 30.4 Å². The number of hydrogen-bond acceptors (Lipinski definition) is 5. The first-order chi connectivity index (χ1) is 14.3. The molecule has 0 aliphatic carbocycles. The van der Waals surface area contributed by atoms with Gasteiger partial charge in [-0.3, -0.25) is 20.0 Å². The largest absolute Gasteiger partial charge is 0.322 e. The Labute approximate surface area is 165 Å².